The number of ether oxygens (including phenoxy) is 1. The second-order valence-corrected chi connectivity index (χ2v) is 7.80. The van der Waals surface area contributed by atoms with E-state index < -0.39 is 17.7 Å². The molecule has 0 aliphatic rings. The molecule has 28 heavy (non-hydrogen) atoms. The molecule has 6 nitrogen and oxygen atoms in total. The van der Waals surface area contributed by atoms with Gasteiger partial charge in [-0.25, -0.2) is 4.79 Å². The molecule has 2 aromatic carbocycles. The van der Waals surface area contributed by atoms with Crippen LogP contribution in [0.5, 0.6) is 0 Å². The predicted molar refractivity (Wildman–Crippen MR) is 113 cm³/mol. The first-order valence-electron chi connectivity index (χ1n) is 9.02. The van der Waals surface area contributed by atoms with Crippen LogP contribution in [-0.4, -0.2) is 23.6 Å². The van der Waals surface area contributed by atoms with E-state index in [2.05, 4.69) is 16.0 Å². The summed E-state index contributed by atoms with van der Waals surface area (Å²) in [5.41, 5.74) is 1.82. The van der Waals surface area contributed by atoms with Crippen molar-refractivity contribution in [1.29, 1.82) is 0 Å². The van der Waals surface area contributed by atoms with Gasteiger partial charge in [0.15, 0.2) is 0 Å². The molecule has 0 saturated heterocycles. The van der Waals surface area contributed by atoms with Crippen LogP contribution in [0, 0.1) is 0 Å². The molecule has 2 amide bonds. The molecule has 0 saturated carbocycles. The Morgan fingerprint density at radius 1 is 1.11 bits per heavy atom. The Balaban J connectivity index is 1.90. The number of carbonyl (C=O) groups is 2. The Hall–Kier alpha value is -2.73. The Labute approximate surface area is 170 Å². The highest BCUT2D eigenvalue weighted by Gasteiger charge is 2.21. The predicted octanol–water partition coefficient (Wildman–Crippen LogP) is 4.80. The molecule has 1 atom stereocenters. The summed E-state index contributed by atoms with van der Waals surface area (Å²) in [6.07, 6.45) is -0.645. The standard InChI is InChI=1S/C21H26ClN3O3/c1-14(24-20(27)28-21(2,3)4)19(26)25-16-10-11-18(17(22)12-16)23-13-15-8-6-5-7-9-15/h5-12,14,23H,13H2,1-4H3,(H,24,27)(H,25,26). The molecular formula is C21H26ClN3O3. The van der Waals surface area contributed by atoms with Gasteiger partial charge in [-0.05, 0) is 51.5 Å². The van der Waals surface area contributed by atoms with Crippen LogP contribution in [-0.2, 0) is 16.1 Å². The minimum absolute atomic E-state index is 0.369. The lowest BCUT2D eigenvalue weighted by Crippen LogP contribution is -2.43. The van der Waals surface area contributed by atoms with Crippen LogP contribution < -0.4 is 16.0 Å². The molecule has 3 N–H and O–H groups in total. The number of hydrogen-bond acceptors (Lipinski definition) is 4. The maximum absolute atomic E-state index is 12.3. The third-order valence-electron chi connectivity index (χ3n) is 3.69. The fraction of sp³-hybridized carbons (Fsp3) is 0.333. The van der Waals surface area contributed by atoms with Crippen molar-refractivity contribution in [1.82, 2.24) is 5.32 Å². The van der Waals surface area contributed by atoms with Gasteiger partial charge in [-0.15, -0.1) is 0 Å². The SMILES string of the molecule is CC(NC(=O)OC(C)(C)C)C(=O)Nc1ccc(NCc2ccccc2)c(Cl)c1. The third kappa shape index (κ3) is 7.12. The monoisotopic (exact) mass is 403 g/mol. The minimum Gasteiger partial charge on any atom is -0.444 e. The van der Waals surface area contributed by atoms with E-state index in [9.17, 15) is 9.59 Å². The Morgan fingerprint density at radius 3 is 2.39 bits per heavy atom. The summed E-state index contributed by atoms with van der Waals surface area (Å²) in [4.78, 5) is 24.1. The van der Waals surface area contributed by atoms with Gasteiger partial charge in [0.25, 0.3) is 0 Å². The topological polar surface area (TPSA) is 79.5 Å². The highest BCUT2D eigenvalue weighted by molar-refractivity contribution is 6.33. The van der Waals surface area contributed by atoms with Crippen molar-refractivity contribution >= 4 is 35.0 Å². The van der Waals surface area contributed by atoms with E-state index in [1.807, 2.05) is 30.3 Å². The fourth-order valence-corrected chi connectivity index (χ4v) is 2.58. The van der Waals surface area contributed by atoms with Gasteiger partial charge in [0.1, 0.15) is 11.6 Å². The number of halogens is 1. The zero-order valence-electron chi connectivity index (χ0n) is 16.5. The first-order valence-corrected chi connectivity index (χ1v) is 9.39. The number of carbonyl (C=O) groups excluding carboxylic acids is 2. The number of nitrogens with one attached hydrogen (secondary N) is 3. The first kappa shape index (κ1) is 21.6. The van der Waals surface area contributed by atoms with Crippen molar-refractivity contribution in [3.63, 3.8) is 0 Å². The molecule has 2 aromatic rings. The van der Waals surface area contributed by atoms with Crippen LogP contribution >= 0.6 is 11.6 Å². The van der Waals surface area contributed by atoms with Crippen molar-refractivity contribution in [3.05, 3.63) is 59.1 Å². The summed E-state index contributed by atoms with van der Waals surface area (Å²) in [5, 5.41) is 8.98. The van der Waals surface area contributed by atoms with Crippen molar-refractivity contribution in [3.8, 4) is 0 Å². The van der Waals surface area contributed by atoms with Crippen LogP contribution in [0.2, 0.25) is 5.02 Å². The van der Waals surface area contributed by atoms with E-state index in [1.165, 1.54) is 0 Å². The third-order valence-corrected chi connectivity index (χ3v) is 4.00. The van der Waals surface area contributed by atoms with Crippen LogP contribution in [0.4, 0.5) is 16.2 Å². The largest absolute Gasteiger partial charge is 0.444 e. The molecule has 2 rings (SSSR count). The summed E-state index contributed by atoms with van der Waals surface area (Å²) in [7, 11) is 0. The van der Waals surface area contributed by atoms with Crippen molar-refractivity contribution < 1.29 is 14.3 Å². The fourth-order valence-electron chi connectivity index (χ4n) is 2.33. The summed E-state index contributed by atoms with van der Waals surface area (Å²) >= 11 is 6.31. The maximum Gasteiger partial charge on any atom is 0.408 e. The van der Waals surface area contributed by atoms with E-state index in [0.717, 1.165) is 11.3 Å². The smallest absolute Gasteiger partial charge is 0.408 e. The zero-order valence-corrected chi connectivity index (χ0v) is 17.3. The second-order valence-electron chi connectivity index (χ2n) is 7.39. The van der Waals surface area contributed by atoms with Gasteiger partial charge in [-0.1, -0.05) is 41.9 Å². The molecule has 0 radical (unpaired) electrons. The molecule has 0 spiro atoms. The highest BCUT2D eigenvalue weighted by atomic mass is 35.5. The van der Waals surface area contributed by atoms with Crippen LogP contribution in [0.25, 0.3) is 0 Å². The van der Waals surface area contributed by atoms with Crippen molar-refractivity contribution in [2.45, 2.75) is 45.9 Å². The lowest BCUT2D eigenvalue weighted by Gasteiger charge is -2.21. The van der Waals surface area contributed by atoms with Gasteiger partial charge in [0.2, 0.25) is 5.91 Å². The van der Waals surface area contributed by atoms with Crippen molar-refractivity contribution in [2.75, 3.05) is 10.6 Å². The molecule has 150 valence electrons. The Morgan fingerprint density at radius 2 is 1.79 bits per heavy atom. The summed E-state index contributed by atoms with van der Waals surface area (Å²) in [5.74, 6) is -0.369. The molecule has 0 aromatic heterocycles. The summed E-state index contributed by atoms with van der Waals surface area (Å²) in [6, 6.07) is 14.4. The Kier molecular flexibility index (Phi) is 7.29. The van der Waals surface area contributed by atoms with Crippen LogP contribution in [0.1, 0.15) is 33.3 Å². The van der Waals surface area contributed by atoms with Gasteiger partial charge in [0, 0.05) is 12.2 Å². The minimum atomic E-state index is -0.760. The quantitative estimate of drug-likeness (QED) is 0.647. The van der Waals surface area contributed by atoms with E-state index >= 15 is 0 Å². The molecule has 0 aliphatic carbocycles. The lowest BCUT2D eigenvalue weighted by atomic mass is 10.2. The first-order chi connectivity index (χ1) is 13.1. The molecule has 0 fully saturated rings. The number of amides is 2. The average molecular weight is 404 g/mol. The number of anilines is 2. The van der Waals surface area contributed by atoms with Crippen molar-refractivity contribution in [2.24, 2.45) is 0 Å². The number of hydrogen-bond donors (Lipinski definition) is 3. The summed E-state index contributed by atoms with van der Waals surface area (Å²) in [6.45, 7) is 7.49. The van der Waals surface area contributed by atoms with Gasteiger partial charge in [-0.2, -0.15) is 0 Å². The number of benzene rings is 2. The van der Waals surface area contributed by atoms with Crippen LogP contribution in [0.3, 0.4) is 0 Å². The zero-order chi connectivity index (χ0) is 20.7. The van der Waals surface area contributed by atoms with E-state index in [0.29, 0.717) is 17.3 Å². The van der Waals surface area contributed by atoms with E-state index in [4.69, 9.17) is 16.3 Å². The highest BCUT2D eigenvalue weighted by Crippen LogP contribution is 2.26. The number of alkyl carbamates (subject to hydrolysis) is 1. The molecule has 0 heterocycles. The van der Waals surface area contributed by atoms with E-state index in [1.54, 1.807) is 45.9 Å². The lowest BCUT2D eigenvalue weighted by molar-refractivity contribution is -0.117. The Bertz CT molecular complexity index is 819. The van der Waals surface area contributed by atoms with Gasteiger partial charge >= 0.3 is 6.09 Å². The summed E-state index contributed by atoms with van der Waals surface area (Å²) < 4.78 is 5.15. The molecule has 1 unspecified atom stereocenters. The number of rotatable bonds is 6. The average Bonchev–Trinajstić information content (AvgIpc) is 2.60. The molecule has 0 bridgehead atoms. The van der Waals surface area contributed by atoms with Gasteiger partial charge in [-0.3, -0.25) is 4.79 Å². The molecule has 7 heteroatoms. The van der Waals surface area contributed by atoms with Crippen LogP contribution in [0.15, 0.2) is 48.5 Å². The van der Waals surface area contributed by atoms with Gasteiger partial charge < -0.3 is 20.7 Å². The normalized spacial score (nSPS) is 12.0. The maximum atomic E-state index is 12.3. The molecular weight excluding hydrogens is 378 g/mol. The van der Waals surface area contributed by atoms with E-state index in [-0.39, 0.29) is 5.91 Å². The van der Waals surface area contributed by atoms with Gasteiger partial charge in [0.05, 0.1) is 10.7 Å². The molecule has 0 aliphatic heterocycles. The second kappa shape index (κ2) is 9.46.